The van der Waals surface area contributed by atoms with E-state index < -0.39 is 11.8 Å². The lowest BCUT2D eigenvalue weighted by molar-refractivity contribution is -0.122. The minimum Gasteiger partial charge on any atom is -0.454 e. The van der Waals surface area contributed by atoms with Gasteiger partial charge in [-0.2, -0.15) is 0 Å². The summed E-state index contributed by atoms with van der Waals surface area (Å²) in [4.78, 5) is 26.6. The summed E-state index contributed by atoms with van der Waals surface area (Å²) < 4.78 is 10.6. The van der Waals surface area contributed by atoms with Crippen molar-refractivity contribution in [2.45, 2.75) is 0 Å². The van der Waals surface area contributed by atoms with Crippen LogP contribution in [0.2, 0.25) is 15.1 Å². The van der Waals surface area contributed by atoms with E-state index in [2.05, 4.69) is 5.32 Å². The molecule has 2 aliphatic rings. The molecule has 1 fully saturated rings. The van der Waals surface area contributed by atoms with Gasteiger partial charge in [0.25, 0.3) is 11.8 Å². The molecule has 2 aromatic carbocycles. The van der Waals surface area contributed by atoms with Gasteiger partial charge in [0.2, 0.25) is 6.79 Å². The molecule has 2 aromatic rings. The summed E-state index contributed by atoms with van der Waals surface area (Å²) in [6.45, 7) is 0.0699. The predicted octanol–water partition coefficient (Wildman–Crippen LogP) is 4.21. The Balaban J connectivity index is 1.78. The quantitative estimate of drug-likeness (QED) is 0.417. The van der Waals surface area contributed by atoms with Gasteiger partial charge in [-0.05, 0) is 42.1 Å². The Labute approximate surface area is 179 Å². The third-order valence-electron chi connectivity index (χ3n) is 4.07. The molecule has 4 rings (SSSR count). The van der Waals surface area contributed by atoms with Crippen LogP contribution < -0.4 is 19.7 Å². The Morgan fingerprint density at radius 2 is 1.79 bits per heavy atom. The average Bonchev–Trinajstić information content (AvgIpc) is 3.09. The molecule has 1 saturated heterocycles. The third kappa shape index (κ3) is 3.20. The molecule has 2 amide bonds. The molecule has 0 aliphatic carbocycles. The van der Waals surface area contributed by atoms with Gasteiger partial charge in [-0.3, -0.25) is 19.8 Å². The molecule has 2 aliphatic heterocycles. The zero-order chi connectivity index (χ0) is 20.0. The fraction of sp³-hybridized carbons (Fsp3) is 0.0556. The Hall–Kier alpha value is -2.32. The first-order valence-electron chi connectivity index (χ1n) is 7.81. The second-order valence-corrected chi connectivity index (χ2v) is 7.34. The number of hydrogen-bond donors (Lipinski definition) is 1. The number of carbonyl (C=O) groups excluding carboxylic acids is 2. The van der Waals surface area contributed by atoms with E-state index in [1.165, 1.54) is 6.08 Å². The molecule has 0 aromatic heterocycles. The summed E-state index contributed by atoms with van der Waals surface area (Å²) in [5.41, 5.74) is 0.492. The van der Waals surface area contributed by atoms with Gasteiger partial charge < -0.3 is 9.47 Å². The van der Waals surface area contributed by atoms with Crippen molar-refractivity contribution >= 4 is 75.7 Å². The number of rotatable bonds is 2. The molecule has 0 unspecified atom stereocenters. The van der Waals surface area contributed by atoms with Crippen LogP contribution in [0.25, 0.3) is 6.08 Å². The summed E-state index contributed by atoms with van der Waals surface area (Å²) in [5, 5.41) is 3.04. The van der Waals surface area contributed by atoms with Crippen LogP contribution in [0, 0.1) is 0 Å². The molecule has 28 heavy (non-hydrogen) atoms. The number of hydrogen-bond acceptors (Lipinski definition) is 5. The van der Waals surface area contributed by atoms with E-state index in [-0.39, 0.29) is 38.2 Å². The lowest BCUT2D eigenvalue weighted by Crippen LogP contribution is -2.54. The van der Waals surface area contributed by atoms with E-state index in [0.717, 1.165) is 4.90 Å². The molecule has 142 valence electrons. The summed E-state index contributed by atoms with van der Waals surface area (Å²) in [7, 11) is 0. The van der Waals surface area contributed by atoms with E-state index in [0.29, 0.717) is 17.1 Å². The van der Waals surface area contributed by atoms with Gasteiger partial charge in [-0.15, -0.1) is 0 Å². The van der Waals surface area contributed by atoms with Crippen LogP contribution in [-0.2, 0) is 9.59 Å². The number of thiocarbonyl (C=S) groups is 1. The fourth-order valence-corrected chi connectivity index (χ4v) is 3.60. The molecule has 0 atom stereocenters. The van der Waals surface area contributed by atoms with E-state index in [9.17, 15) is 9.59 Å². The van der Waals surface area contributed by atoms with Crippen LogP contribution in [0.15, 0.2) is 35.9 Å². The summed E-state index contributed by atoms with van der Waals surface area (Å²) in [6.07, 6.45) is 1.36. The highest BCUT2D eigenvalue weighted by Crippen LogP contribution is 2.38. The maximum atomic E-state index is 13.1. The lowest BCUT2D eigenvalue weighted by Gasteiger charge is -2.29. The fourth-order valence-electron chi connectivity index (χ4n) is 2.74. The molecule has 6 nitrogen and oxygen atoms in total. The standard InChI is InChI=1S/C18H9Cl3N2O4S/c19-10-2-1-3-12(15(10)21)23-17(25)9(16(24)22-18(23)28)4-8-5-13-14(6-11(8)20)27-7-26-13/h1-6H,7H2,(H,22,24,28)/b9-4-. The monoisotopic (exact) mass is 454 g/mol. The lowest BCUT2D eigenvalue weighted by atomic mass is 10.1. The summed E-state index contributed by atoms with van der Waals surface area (Å²) in [5.74, 6) is -0.366. The largest absolute Gasteiger partial charge is 0.454 e. The number of nitrogens with zero attached hydrogens (tertiary/aromatic N) is 1. The van der Waals surface area contributed by atoms with Gasteiger partial charge in [0, 0.05) is 6.07 Å². The molecule has 10 heteroatoms. The number of ether oxygens (including phenoxy) is 2. The van der Waals surface area contributed by atoms with Crippen molar-refractivity contribution in [2.75, 3.05) is 11.7 Å². The zero-order valence-electron chi connectivity index (χ0n) is 13.8. The molecule has 0 bridgehead atoms. The average molecular weight is 456 g/mol. The van der Waals surface area contributed by atoms with Gasteiger partial charge in [0.1, 0.15) is 5.57 Å². The third-order valence-corrected chi connectivity index (χ3v) is 5.49. The Morgan fingerprint density at radius 1 is 1.07 bits per heavy atom. The van der Waals surface area contributed by atoms with Crippen molar-refractivity contribution in [3.8, 4) is 11.5 Å². The normalized spacial score (nSPS) is 17.3. The first kappa shape index (κ1) is 19.0. The highest BCUT2D eigenvalue weighted by molar-refractivity contribution is 7.80. The minimum absolute atomic E-state index is 0.0699. The Kier molecular flexibility index (Phi) is 4.93. The van der Waals surface area contributed by atoms with E-state index in [4.69, 9.17) is 56.5 Å². The predicted molar refractivity (Wildman–Crippen MR) is 110 cm³/mol. The van der Waals surface area contributed by atoms with Crippen molar-refractivity contribution in [2.24, 2.45) is 0 Å². The number of benzene rings is 2. The summed E-state index contributed by atoms with van der Waals surface area (Å²) >= 11 is 23.7. The second-order valence-electron chi connectivity index (χ2n) is 5.76. The Morgan fingerprint density at radius 3 is 2.54 bits per heavy atom. The molecular weight excluding hydrogens is 447 g/mol. The number of nitrogens with one attached hydrogen (secondary N) is 1. The summed E-state index contributed by atoms with van der Waals surface area (Å²) in [6, 6.07) is 7.90. The zero-order valence-corrected chi connectivity index (χ0v) is 16.9. The van der Waals surface area contributed by atoms with Crippen LogP contribution in [0.3, 0.4) is 0 Å². The first-order chi connectivity index (χ1) is 13.4. The highest BCUT2D eigenvalue weighted by atomic mass is 35.5. The first-order valence-corrected chi connectivity index (χ1v) is 9.35. The Bertz CT molecular complexity index is 1090. The molecule has 0 saturated carbocycles. The maximum Gasteiger partial charge on any atom is 0.270 e. The van der Waals surface area contributed by atoms with Gasteiger partial charge in [0.15, 0.2) is 16.6 Å². The minimum atomic E-state index is -0.661. The van der Waals surface area contributed by atoms with Crippen molar-refractivity contribution in [3.05, 3.63) is 56.5 Å². The highest BCUT2D eigenvalue weighted by Gasteiger charge is 2.36. The van der Waals surface area contributed by atoms with Crippen molar-refractivity contribution in [1.29, 1.82) is 0 Å². The second kappa shape index (κ2) is 7.25. The van der Waals surface area contributed by atoms with Crippen LogP contribution >= 0.6 is 47.0 Å². The molecule has 0 spiro atoms. The number of amides is 2. The number of carbonyl (C=O) groups is 2. The molecular formula is C18H9Cl3N2O4S. The van der Waals surface area contributed by atoms with Crippen LogP contribution in [0.4, 0.5) is 5.69 Å². The van der Waals surface area contributed by atoms with Gasteiger partial charge >= 0.3 is 0 Å². The topological polar surface area (TPSA) is 67.9 Å². The van der Waals surface area contributed by atoms with Gasteiger partial charge in [-0.1, -0.05) is 40.9 Å². The van der Waals surface area contributed by atoms with E-state index >= 15 is 0 Å². The van der Waals surface area contributed by atoms with Crippen LogP contribution in [-0.4, -0.2) is 23.7 Å². The van der Waals surface area contributed by atoms with E-state index in [1.807, 2.05) is 0 Å². The van der Waals surface area contributed by atoms with Crippen molar-refractivity contribution in [3.63, 3.8) is 0 Å². The SMILES string of the molecule is O=C1NC(=S)N(c2cccc(Cl)c2Cl)C(=O)/C1=C\c1cc2c(cc1Cl)OCO2. The van der Waals surface area contributed by atoms with Crippen LogP contribution in [0.1, 0.15) is 5.56 Å². The van der Waals surface area contributed by atoms with Crippen molar-refractivity contribution in [1.82, 2.24) is 5.32 Å². The van der Waals surface area contributed by atoms with Crippen LogP contribution in [0.5, 0.6) is 11.5 Å². The molecule has 2 heterocycles. The molecule has 1 N–H and O–H groups in total. The number of halogens is 3. The van der Waals surface area contributed by atoms with Gasteiger partial charge in [-0.25, -0.2) is 0 Å². The molecule has 0 radical (unpaired) electrons. The van der Waals surface area contributed by atoms with Gasteiger partial charge in [0.05, 0.1) is 20.8 Å². The number of fused-ring (bicyclic) bond motifs is 1. The smallest absolute Gasteiger partial charge is 0.270 e. The van der Waals surface area contributed by atoms with E-state index in [1.54, 1.807) is 30.3 Å². The van der Waals surface area contributed by atoms with Crippen molar-refractivity contribution < 1.29 is 19.1 Å². The number of anilines is 1. The maximum absolute atomic E-state index is 13.1.